The summed E-state index contributed by atoms with van der Waals surface area (Å²) in [5.41, 5.74) is 2.16. The summed E-state index contributed by atoms with van der Waals surface area (Å²) in [7, 11) is 2.02. The van der Waals surface area contributed by atoms with Gasteiger partial charge in [0.05, 0.1) is 5.69 Å². The molecule has 0 bridgehead atoms. The van der Waals surface area contributed by atoms with Crippen LogP contribution in [0.5, 0.6) is 0 Å². The number of rotatable bonds is 1. The van der Waals surface area contributed by atoms with Crippen molar-refractivity contribution in [3.05, 3.63) is 29.6 Å². The van der Waals surface area contributed by atoms with Gasteiger partial charge in [-0.25, -0.2) is 0 Å². The average Bonchev–Trinajstić information content (AvgIpc) is 2.38. The molecule has 0 saturated carbocycles. The van der Waals surface area contributed by atoms with Crippen LogP contribution in [0.15, 0.2) is 18.3 Å². The molecule has 2 atom stereocenters. The van der Waals surface area contributed by atoms with Gasteiger partial charge in [-0.15, -0.1) is 11.6 Å². The van der Waals surface area contributed by atoms with Gasteiger partial charge < -0.3 is 4.90 Å². The number of fused-ring (bicyclic) bond motifs is 1. The molecule has 0 radical (unpaired) electrons. The fourth-order valence-electron chi connectivity index (χ4n) is 2.06. The maximum absolute atomic E-state index is 6.21. The Morgan fingerprint density at radius 1 is 1.62 bits per heavy atom. The van der Waals surface area contributed by atoms with Gasteiger partial charge in [-0.1, -0.05) is 12.2 Å². The lowest BCUT2D eigenvalue weighted by Crippen LogP contribution is -2.31. The first-order valence-corrected chi connectivity index (χ1v) is 6.27. The van der Waals surface area contributed by atoms with Crippen molar-refractivity contribution in [3.63, 3.8) is 0 Å². The molecule has 0 fully saturated rings. The molecule has 0 amide bonds. The highest BCUT2D eigenvalue weighted by Crippen LogP contribution is 2.24. The van der Waals surface area contributed by atoms with Crippen molar-refractivity contribution in [2.24, 2.45) is 5.92 Å². The first-order chi connectivity index (χ1) is 7.59. The Bertz CT molecular complexity index is 406. The van der Waals surface area contributed by atoms with Crippen LogP contribution in [-0.4, -0.2) is 33.8 Å². The van der Waals surface area contributed by atoms with Crippen molar-refractivity contribution >= 4 is 28.8 Å². The van der Waals surface area contributed by atoms with Crippen LogP contribution >= 0.6 is 23.8 Å². The lowest BCUT2D eigenvalue weighted by molar-refractivity contribution is 0.386. The normalized spacial score (nSPS) is 22.6. The van der Waals surface area contributed by atoms with Crippen LogP contribution in [0.4, 0.5) is 0 Å². The Morgan fingerprint density at radius 3 is 3.06 bits per heavy atom. The van der Waals surface area contributed by atoms with Gasteiger partial charge in [0.1, 0.15) is 4.99 Å². The highest BCUT2D eigenvalue weighted by molar-refractivity contribution is 7.80. The Morgan fingerprint density at radius 2 is 2.38 bits per heavy atom. The molecular formula is C12H15ClN2S. The van der Waals surface area contributed by atoms with E-state index in [4.69, 9.17) is 23.8 Å². The summed E-state index contributed by atoms with van der Waals surface area (Å²) in [6.07, 6.45) is 2.73. The van der Waals surface area contributed by atoms with Crippen molar-refractivity contribution in [2.75, 3.05) is 13.6 Å². The van der Waals surface area contributed by atoms with Gasteiger partial charge in [-0.3, -0.25) is 4.98 Å². The van der Waals surface area contributed by atoms with Gasteiger partial charge in [0.2, 0.25) is 0 Å². The van der Waals surface area contributed by atoms with Crippen LogP contribution in [0, 0.1) is 5.92 Å². The van der Waals surface area contributed by atoms with E-state index < -0.39 is 0 Å². The fraction of sp³-hybridized carbons (Fsp3) is 0.500. The predicted molar refractivity (Wildman–Crippen MR) is 71.1 cm³/mol. The van der Waals surface area contributed by atoms with Gasteiger partial charge in [0.25, 0.3) is 0 Å². The summed E-state index contributed by atoms with van der Waals surface area (Å²) in [4.78, 5) is 7.41. The molecule has 0 saturated heterocycles. The second kappa shape index (κ2) is 4.68. The van der Waals surface area contributed by atoms with Crippen LogP contribution in [0.1, 0.15) is 18.2 Å². The molecule has 1 aromatic rings. The number of alkyl halides is 1. The van der Waals surface area contributed by atoms with Crippen molar-refractivity contribution < 1.29 is 0 Å². The predicted octanol–water partition coefficient (Wildman–Crippen LogP) is 2.49. The Labute approximate surface area is 107 Å². The van der Waals surface area contributed by atoms with Gasteiger partial charge in [0.15, 0.2) is 0 Å². The maximum Gasteiger partial charge on any atom is 0.110 e. The van der Waals surface area contributed by atoms with Crippen molar-refractivity contribution in [3.8, 4) is 0 Å². The fourth-order valence-corrected chi connectivity index (χ4v) is 2.49. The van der Waals surface area contributed by atoms with E-state index in [1.165, 1.54) is 0 Å². The van der Waals surface area contributed by atoms with E-state index in [1.54, 1.807) is 0 Å². The third-order valence-corrected chi connectivity index (χ3v) is 3.97. The van der Waals surface area contributed by atoms with Crippen molar-refractivity contribution in [1.82, 2.24) is 9.88 Å². The van der Waals surface area contributed by atoms with Crippen LogP contribution in [0.2, 0.25) is 0 Å². The number of hydrogen-bond donors (Lipinski definition) is 0. The second-order valence-corrected chi connectivity index (χ2v) is 5.40. The van der Waals surface area contributed by atoms with E-state index in [0.717, 1.165) is 29.2 Å². The van der Waals surface area contributed by atoms with Crippen LogP contribution < -0.4 is 0 Å². The molecule has 0 spiro atoms. The van der Waals surface area contributed by atoms with Gasteiger partial charge in [0, 0.05) is 30.7 Å². The van der Waals surface area contributed by atoms with E-state index in [2.05, 4.69) is 9.88 Å². The number of halogens is 1. The molecule has 86 valence electrons. The third kappa shape index (κ3) is 2.20. The molecule has 0 aliphatic carbocycles. The number of thiocarbonyl (C=S) groups is 1. The van der Waals surface area contributed by atoms with Crippen LogP contribution in [0.25, 0.3) is 0 Å². The molecule has 1 aliphatic heterocycles. The van der Waals surface area contributed by atoms with E-state index >= 15 is 0 Å². The molecule has 2 nitrogen and oxygen atoms in total. The quantitative estimate of drug-likeness (QED) is 0.566. The minimum absolute atomic E-state index is 0.137. The van der Waals surface area contributed by atoms with E-state index in [1.807, 2.05) is 32.3 Å². The molecule has 2 heterocycles. The minimum atomic E-state index is 0.137. The Balaban J connectivity index is 2.40. The summed E-state index contributed by atoms with van der Waals surface area (Å²) in [6.45, 7) is 2.94. The van der Waals surface area contributed by atoms with Crippen LogP contribution in [-0.2, 0) is 6.42 Å². The molecule has 16 heavy (non-hydrogen) atoms. The number of aromatic nitrogens is 1. The van der Waals surface area contributed by atoms with Crippen molar-refractivity contribution in [1.29, 1.82) is 0 Å². The van der Waals surface area contributed by atoms with Gasteiger partial charge >= 0.3 is 0 Å². The molecule has 0 N–H and O–H groups in total. The highest BCUT2D eigenvalue weighted by atomic mass is 35.5. The monoisotopic (exact) mass is 254 g/mol. The summed E-state index contributed by atoms with van der Waals surface area (Å²) in [5, 5.41) is 0.137. The maximum atomic E-state index is 6.21. The molecule has 1 aromatic heterocycles. The summed E-state index contributed by atoms with van der Waals surface area (Å²) in [6, 6.07) is 3.98. The molecule has 4 heteroatoms. The lowest BCUT2D eigenvalue weighted by Gasteiger charge is -2.23. The second-order valence-electron chi connectivity index (χ2n) is 4.33. The average molecular weight is 255 g/mol. The zero-order valence-corrected chi connectivity index (χ0v) is 11.1. The summed E-state index contributed by atoms with van der Waals surface area (Å²) < 4.78 is 0. The van der Waals surface area contributed by atoms with E-state index in [-0.39, 0.29) is 5.38 Å². The SMILES string of the molecule is CC(Cl)C1Cc2ncccc2C(=S)N(C)C1. The van der Waals surface area contributed by atoms with E-state index in [9.17, 15) is 0 Å². The zero-order valence-electron chi connectivity index (χ0n) is 9.48. The first kappa shape index (κ1) is 11.8. The Hall–Kier alpha value is -0.670. The molecule has 2 unspecified atom stereocenters. The number of pyridine rings is 1. The lowest BCUT2D eigenvalue weighted by atomic mass is 9.99. The van der Waals surface area contributed by atoms with Crippen LogP contribution in [0.3, 0.4) is 0 Å². The van der Waals surface area contributed by atoms with E-state index in [0.29, 0.717) is 5.92 Å². The van der Waals surface area contributed by atoms with Gasteiger partial charge in [-0.2, -0.15) is 0 Å². The standard InChI is InChI=1S/C12H15ClN2S/c1-8(13)9-6-11-10(4-3-5-14-11)12(16)15(2)7-9/h3-5,8-9H,6-7H2,1-2H3. The molecule has 2 rings (SSSR count). The molecule has 1 aliphatic rings. The Kier molecular flexibility index (Phi) is 3.45. The number of nitrogens with zero attached hydrogens (tertiary/aromatic N) is 2. The smallest absolute Gasteiger partial charge is 0.110 e. The first-order valence-electron chi connectivity index (χ1n) is 5.43. The largest absolute Gasteiger partial charge is 0.365 e. The topological polar surface area (TPSA) is 16.1 Å². The highest BCUT2D eigenvalue weighted by Gasteiger charge is 2.26. The molecule has 0 aromatic carbocycles. The summed E-state index contributed by atoms with van der Waals surface area (Å²) in [5.74, 6) is 0.403. The summed E-state index contributed by atoms with van der Waals surface area (Å²) >= 11 is 11.7. The zero-order chi connectivity index (χ0) is 11.7. The molecular weight excluding hydrogens is 240 g/mol. The minimum Gasteiger partial charge on any atom is -0.365 e. The number of hydrogen-bond acceptors (Lipinski definition) is 2. The van der Waals surface area contributed by atoms with Gasteiger partial charge in [-0.05, 0) is 31.4 Å². The van der Waals surface area contributed by atoms with Crippen molar-refractivity contribution in [2.45, 2.75) is 18.7 Å². The third-order valence-electron chi connectivity index (χ3n) is 3.08.